The van der Waals surface area contributed by atoms with Gasteiger partial charge < -0.3 is 20.1 Å². The standard InChI is InChI=1S/C17H18ClN3O4/c1-19-15(22)11-4-5-14(13(18)7-11)21-16(23)12-6-10(9-24-2)8-20-17(12)25-3/h4-8H,9H2,1-3H3,(H,19,22)(H,21,23). The average Bonchev–Trinajstić information content (AvgIpc) is 2.62. The molecule has 1 heterocycles. The number of methoxy groups -OCH3 is 2. The Labute approximate surface area is 150 Å². The number of ether oxygens (including phenoxy) is 2. The number of hydrogen-bond acceptors (Lipinski definition) is 5. The Morgan fingerprint density at radius 1 is 1.20 bits per heavy atom. The maximum atomic E-state index is 12.6. The third-order valence-corrected chi connectivity index (χ3v) is 3.68. The topological polar surface area (TPSA) is 89.6 Å². The smallest absolute Gasteiger partial charge is 0.261 e. The summed E-state index contributed by atoms with van der Waals surface area (Å²) in [7, 11) is 4.51. The summed E-state index contributed by atoms with van der Waals surface area (Å²) in [5.41, 5.74) is 1.75. The number of carbonyl (C=O) groups is 2. The molecule has 0 atom stereocenters. The lowest BCUT2D eigenvalue weighted by molar-refractivity contribution is 0.0962. The summed E-state index contributed by atoms with van der Waals surface area (Å²) in [5.74, 6) is -0.509. The number of anilines is 1. The summed E-state index contributed by atoms with van der Waals surface area (Å²) in [6.07, 6.45) is 1.57. The lowest BCUT2D eigenvalue weighted by Crippen LogP contribution is -2.18. The van der Waals surface area contributed by atoms with Gasteiger partial charge in [-0.1, -0.05) is 11.6 Å². The van der Waals surface area contributed by atoms with Crippen LogP contribution in [0.5, 0.6) is 5.88 Å². The first-order chi connectivity index (χ1) is 12.0. The van der Waals surface area contributed by atoms with Gasteiger partial charge in [0.15, 0.2) is 0 Å². The van der Waals surface area contributed by atoms with Crippen LogP contribution in [0.3, 0.4) is 0 Å². The first kappa shape index (κ1) is 18.7. The van der Waals surface area contributed by atoms with E-state index in [0.29, 0.717) is 17.9 Å². The molecular formula is C17H18ClN3O4. The second-order valence-electron chi connectivity index (χ2n) is 5.06. The highest BCUT2D eigenvalue weighted by atomic mass is 35.5. The van der Waals surface area contributed by atoms with Gasteiger partial charge in [-0.25, -0.2) is 4.98 Å². The van der Waals surface area contributed by atoms with Gasteiger partial charge in [-0.3, -0.25) is 9.59 Å². The zero-order valence-electron chi connectivity index (χ0n) is 14.1. The zero-order chi connectivity index (χ0) is 18.4. The Morgan fingerprint density at radius 2 is 1.96 bits per heavy atom. The molecule has 8 heteroatoms. The summed E-state index contributed by atoms with van der Waals surface area (Å²) in [6, 6.07) is 6.24. The first-order valence-electron chi connectivity index (χ1n) is 7.35. The number of pyridine rings is 1. The van der Waals surface area contributed by atoms with Crippen molar-refractivity contribution in [2.75, 3.05) is 26.6 Å². The number of halogens is 1. The van der Waals surface area contributed by atoms with Crippen LogP contribution in [0, 0.1) is 0 Å². The van der Waals surface area contributed by atoms with E-state index in [1.165, 1.54) is 20.2 Å². The van der Waals surface area contributed by atoms with E-state index < -0.39 is 5.91 Å². The summed E-state index contributed by atoms with van der Waals surface area (Å²) >= 11 is 6.16. The molecule has 7 nitrogen and oxygen atoms in total. The normalized spacial score (nSPS) is 10.2. The Hall–Kier alpha value is -2.64. The van der Waals surface area contributed by atoms with Crippen LogP contribution in [0.25, 0.3) is 0 Å². The summed E-state index contributed by atoms with van der Waals surface area (Å²) in [6.45, 7) is 0.318. The van der Waals surface area contributed by atoms with Gasteiger partial charge in [0, 0.05) is 25.9 Å². The highest BCUT2D eigenvalue weighted by Gasteiger charge is 2.17. The predicted molar refractivity (Wildman–Crippen MR) is 94.3 cm³/mol. The van der Waals surface area contributed by atoms with Crippen LogP contribution in [0.4, 0.5) is 5.69 Å². The number of hydrogen-bond donors (Lipinski definition) is 2. The minimum Gasteiger partial charge on any atom is -0.480 e. The minimum atomic E-state index is -0.433. The van der Waals surface area contributed by atoms with E-state index in [0.717, 1.165) is 5.56 Å². The maximum absolute atomic E-state index is 12.6. The fourth-order valence-corrected chi connectivity index (χ4v) is 2.39. The second kappa shape index (κ2) is 8.46. The predicted octanol–water partition coefficient (Wildman–Crippen LogP) is 2.50. The van der Waals surface area contributed by atoms with Gasteiger partial charge in [-0.05, 0) is 29.8 Å². The van der Waals surface area contributed by atoms with Gasteiger partial charge in [-0.2, -0.15) is 0 Å². The molecule has 0 fully saturated rings. The Morgan fingerprint density at radius 3 is 2.56 bits per heavy atom. The number of nitrogens with zero attached hydrogens (tertiary/aromatic N) is 1. The third-order valence-electron chi connectivity index (χ3n) is 3.36. The van der Waals surface area contributed by atoms with E-state index in [1.807, 2.05) is 0 Å². The molecule has 0 bridgehead atoms. The molecule has 0 aliphatic heterocycles. The molecule has 132 valence electrons. The molecule has 0 aliphatic carbocycles. The number of nitrogens with one attached hydrogen (secondary N) is 2. The second-order valence-corrected chi connectivity index (χ2v) is 5.47. The monoisotopic (exact) mass is 363 g/mol. The van der Waals surface area contributed by atoms with Crippen LogP contribution in [-0.4, -0.2) is 38.1 Å². The van der Waals surface area contributed by atoms with Crippen LogP contribution >= 0.6 is 11.6 Å². The van der Waals surface area contributed by atoms with Crippen LogP contribution in [-0.2, 0) is 11.3 Å². The van der Waals surface area contributed by atoms with E-state index in [1.54, 1.807) is 31.5 Å². The van der Waals surface area contributed by atoms with Gasteiger partial charge in [0.2, 0.25) is 5.88 Å². The van der Waals surface area contributed by atoms with Crippen molar-refractivity contribution in [3.8, 4) is 5.88 Å². The highest BCUT2D eigenvalue weighted by Crippen LogP contribution is 2.25. The Bertz CT molecular complexity index is 795. The molecule has 0 spiro atoms. The molecule has 0 saturated carbocycles. The molecule has 0 aliphatic rings. The third kappa shape index (κ3) is 4.46. The van der Waals surface area contributed by atoms with Crippen molar-refractivity contribution in [3.63, 3.8) is 0 Å². The first-order valence-corrected chi connectivity index (χ1v) is 7.72. The minimum absolute atomic E-state index is 0.190. The molecule has 2 aromatic rings. The van der Waals surface area contributed by atoms with Crippen LogP contribution < -0.4 is 15.4 Å². The van der Waals surface area contributed by atoms with Crippen LogP contribution in [0.1, 0.15) is 26.3 Å². The molecule has 1 aromatic carbocycles. The molecule has 25 heavy (non-hydrogen) atoms. The van der Waals surface area contributed by atoms with E-state index in [2.05, 4.69) is 15.6 Å². The molecule has 0 saturated heterocycles. The quantitative estimate of drug-likeness (QED) is 0.823. The van der Waals surface area contributed by atoms with Crippen molar-refractivity contribution >= 4 is 29.1 Å². The van der Waals surface area contributed by atoms with Crippen molar-refractivity contribution in [3.05, 3.63) is 52.2 Å². The summed E-state index contributed by atoms with van der Waals surface area (Å²) < 4.78 is 10.2. The number of rotatable bonds is 6. The van der Waals surface area contributed by atoms with Crippen molar-refractivity contribution in [2.24, 2.45) is 0 Å². The SMILES string of the molecule is CNC(=O)c1ccc(NC(=O)c2cc(COC)cnc2OC)c(Cl)c1. The van der Waals surface area contributed by atoms with Gasteiger partial charge in [-0.15, -0.1) is 0 Å². The lowest BCUT2D eigenvalue weighted by atomic mass is 10.1. The fraction of sp³-hybridized carbons (Fsp3) is 0.235. The highest BCUT2D eigenvalue weighted by molar-refractivity contribution is 6.34. The number of amides is 2. The maximum Gasteiger partial charge on any atom is 0.261 e. The Balaban J connectivity index is 2.27. The van der Waals surface area contributed by atoms with Gasteiger partial charge >= 0.3 is 0 Å². The molecule has 2 amide bonds. The summed E-state index contributed by atoms with van der Waals surface area (Å²) in [4.78, 5) is 28.3. The van der Waals surface area contributed by atoms with E-state index in [9.17, 15) is 9.59 Å². The Kier molecular flexibility index (Phi) is 6.32. The number of aromatic nitrogens is 1. The average molecular weight is 364 g/mol. The van der Waals surface area contributed by atoms with Crippen molar-refractivity contribution in [1.82, 2.24) is 10.3 Å². The molecule has 2 N–H and O–H groups in total. The van der Waals surface area contributed by atoms with Crippen molar-refractivity contribution in [1.29, 1.82) is 0 Å². The van der Waals surface area contributed by atoms with E-state index in [-0.39, 0.29) is 22.4 Å². The molecule has 2 rings (SSSR count). The van der Waals surface area contributed by atoms with Gasteiger partial charge in [0.05, 0.1) is 24.4 Å². The van der Waals surface area contributed by atoms with Gasteiger partial charge in [0.1, 0.15) is 5.56 Å². The molecule has 1 aromatic heterocycles. The number of benzene rings is 1. The molecule has 0 radical (unpaired) electrons. The fourth-order valence-electron chi connectivity index (χ4n) is 2.16. The molecular weight excluding hydrogens is 346 g/mol. The van der Waals surface area contributed by atoms with E-state index >= 15 is 0 Å². The zero-order valence-corrected chi connectivity index (χ0v) is 14.8. The molecule has 0 unspecified atom stereocenters. The number of carbonyl (C=O) groups excluding carboxylic acids is 2. The van der Waals surface area contributed by atoms with Crippen LogP contribution in [0.2, 0.25) is 5.02 Å². The van der Waals surface area contributed by atoms with Crippen molar-refractivity contribution < 1.29 is 19.1 Å². The summed E-state index contributed by atoms with van der Waals surface area (Å²) in [5, 5.41) is 5.44. The van der Waals surface area contributed by atoms with Gasteiger partial charge in [0.25, 0.3) is 11.8 Å². The largest absolute Gasteiger partial charge is 0.480 e. The van der Waals surface area contributed by atoms with Crippen molar-refractivity contribution in [2.45, 2.75) is 6.61 Å². The van der Waals surface area contributed by atoms with Crippen LogP contribution in [0.15, 0.2) is 30.5 Å². The lowest BCUT2D eigenvalue weighted by Gasteiger charge is -2.12. The van der Waals surface area contributed by atoms with E-state index in [4.69, 9.17) is 21.1 Å².